The van der Waals surface area contributed by atoms with Gasteiger partial charge in [-0.15, -0.1) is 0 Å². The second kappa shape index (κ2) is 13.5. The van der Waals surface area contributed by atoms with E-state index in [1.807, 2.05) is 11.0 Å². The molecule has 220 valence electrons. The average molecular weight is 558 g/mol. The normalized spacial score (nSPS) is 21.5. The molecule has 1 aliphatic carbocycles. The van der Waals surface area contributed by atoms with Gasteiger partial charge >= 0.3 is 0 Å². The van der Waals surface area contributed by atoms with Gasteiger partial charge in [-0.3, -0.25) is 14.3 Å². The third kappa shape index (κ3) is 8.66. The van der Waals surface area contributed by atoms with Gasteiger partial charge in [0.05, 0.1) is 44.9 Å². The molecule has 2 amide bonds. The van der Waals surface area contributed by atoms with E-state index in [0.29, 0.717) is 36.1 Å². The number of amides is 2. The van der Waals surface area contributed by atoms with Gasteiger partial charge in [-0.1, -0.05) is 20.8 Å². The number of carbonyl (C=O) groups excluding carboxylic acids is 2. The van der Waals surface area contributed by atoms with Crippen molar-refractivity contribution in [2.24, 2.45) is 10.8 Å². The summed E-state index contributed by atoms with van der Waals surface area (Å²) in [5.74, 6) is 1.40. The highest BCUT2D eigenvalue weighted by molar-refractivity contribution is 5.77. The Morgan fingerprint density at radius 3 is 2.65 bits per heavy atom. The lowest BCUT2D eigenvalue weighted by Crippen LogP contribution is -2.59. The molecule has 3 fully saturated rings. The number of aromatic nitrogens is 3. The highest BCUT2D eigenvalue weighted by Gasteiger charge is 2.42. The van der Waals surface area contributed by atoms with E-state index >= 15 is 0 Å². The SMILES string of the molecule is CC1(C)CCC(OCC2(C)CN(C(=O)Cn3cc(NC=O)cn3)C2)CC1.COc1cc(OC2CCOC2)ccn1. The predicted molar refractivity (Wildman–Crippen MR) is 149 cm³/mol. The number of hydrogen-bond donors (Lipinski definition) is 1. The van der Waals surface area contributed by atoms with Crippen LogP contribution in [0.5, 0.6) is 11.6 Å². The van der Waals surface area contributed by atoms with Gasteiger partial charge in [-0.05, 0) is 37.2 Å². The van der Waals surface area contributed by atoms with Gasteiger partial charge in [-0.2, -0.15) is 5.10 Å². The summed E-state index contributed by atoms with van der Waals surface area (Å²) in [5.41, 5.74) is 1.10. The molecule has 2 saturated heterocycles. The lowest BCUT2D eigenvalue weighted by molar-refractivity contribution is -0.150. The first-order valence-corrected chi connectivity index (χ1v) is 14.0. The molecule has 2 aromatic rings. The minimum atomic E-state index is 0.0441. The molecule has 0 aromatic carbocycles. The van der Waals surface area contributed by atoms with Crippen LogP contribution in [0.2, 0.25) is 0 Å². The molecule has 40 heavy (non-hydrogen) atoms. The summed E-state index contributed by atoms with van der Waals surface area (Å²) in [7, 11) is 1.59. The number of pyridine rings is 1. The molecule has 11 nitrogen and oxygen atoms in total. The number of anilines is 1. The number of nitrogens with one attached hydrogen (secondary N) is 1. The Kier molecular flexibility index (Phi) is 10.0. The van der Waals surface area contributed by atoms with Gasteiger partial charge in [0.1, 0.15) is 18.4 Å². The Hall–Kier alpha value is -3.18. The third-order valence-electron chi connectivity index (χ3n) is 7.71. The van der Waals surface area contributed by atoms with Gasteiger partial charge < -0.3 is 29.2 Å². The first kappa shape index (κ1) is 29.8. The van der Waals surface area contributed by atoms with E-state index in [4.69, 9.17) is 18.9 Å². The molecule has 2 aromatic heterocycles. The Balaban J connectivity index is 0.000000222. The van der Waals surface area contributed by atoms with Gasteiger partial charge in [0, 0.05) is 43.4 Å². The van der Waals surface area contributed by atoms with Crippen molar-refractivity contribution in [3.05, 3.63) is 30.7 Å². The largest absolute Gasteiger partial charge is 0.488 e. The van der Waals surface area contributed by atoms with E-state index in [0.717, 1.165) is 51.3 Å². The van der Waals surface area contributed by atoms with E-state index < -0.39 is 0 Å². The first-order chi connectivity index (χ1) is 19.2. The fourth-order valence-corrected chi connectivity index (χ4v) is 5.21. The van der Waals surface area contributed by atoms with Crippen LogP contribution in [0.4, 0.5) is 5.69 Å². The predicted octanol–water partition coefficient (Wildman–Crippen LogP) is 3.54. The highest BCUT2D eigenvalue weighted by Crippen LogP contribution is 2.38. The summed E-state index contributed by atoms with van der Waals surface area (Å²) in [6.45, 7) is 10.7. The summed E-state index contributed by atoms with van der Waals surface area (Å²) in [6, 6.07) is 3.60. The lowest BCUT2D eigenvalue weighted by Gasteiger charge is -2.48. The number of carbonyl (C=O) groups is 2. The number of methoxy groups -OCH3 is 1. The summed E-state index contributed by atoms with van der Waals surface area (Å²) in [4.78, 5) is 28.6. The van der Waals surface area contributed by atoms with Crippen LogP contribution in [0, 0.1) is 10.8 Å². The fourth-order valence-electron chi connectivity index (χ4n) is 5.21. The lowest BCUT2D eigenvalue weighted by atomic mass is 9.76. The zero-order valence-corrected chi connectivity index (χ0v) is 24.1. The summed E-state index contributed by atoms with van der Waals surface area (Å²) in [6.07, 6.45) is 11.7. The molecule has 11 heteroatoms. The van der Waals surface area contributed by atoms with Crippen molar-refractivity contribution in [2.45, 2.75) is 71.6 Å². The number of likely N-dealkylation sites (tertiary alicyclic amines) is 1. The molecule has 0 spiro atoms. The molecule has 1 saturated carbocycles. The van der Waals surface area contributed by atoms with Crippen LogP contribution in [0.3, 0.4) is 0 Å². The van der Waals surface area contributed by atoms with E-state index in [2.05, 4.69) is 36.2 Å². The first-order valence-electron chi connectivity index (χ1n) is 14.0. The molecule has 4 heterocycles. The third-order valence-corrected chi connectivity index (χ3v) is 7.71. The number of rotatable bonds is 10. The Morgan fingerprint density at radius 1 is 1.20 bits per heavy atom. The fraction of sp³-hybridized carbons (Fsp3) is 0.655. The van der Waals surface area contributed by atoms with Crippen LogP contribution in [-0.2, 0) is 25.6 Å². The van der Waals surface area contributed by atoms with Crippen molar-refractivity contribution in [3.8, 4) is 11.6 Å². The highest BCUT2D eigenvalue weighted by atomic mass is 16.5. The number of ether oxygens (including phenoxy) is 4. The van der Waals surface area contributed by atoms with Crippen molar-refractivity contribution in [2.75, 3.05) is 45.3 Å². The van der Waals surface area contributed by atoms with Crippen LogP contribution < -0.4 is 14.8 Å². The van der Waals surface area contributed by atoms with Gasteiger partial charge in [0.25, 0.3) is 0 Å². The summed E-state index contributed by atoms with van der Waals surface area (Å²) in [5, 5.41) is 6.60. The zero-order valence-electron chi connectivity index (χ0n) is 24.1. The Morgan fingerprint density at radius 2 is 1.98 bits per heavy atom. The van der Waals surface area contributed by atoms with Crippen LogP contribution in [-0.4, -0.2) is 84.2 Å². The molecule has 3 aliphatic rings. The van der Waals surface area contributed by atoms with Crippen molar-refractivity contribution in [1.29, 1.82) is 0 Å². The van der Waals surface area contributed by atoms with Crippen LogP contribution >= 0.6 is 0 Å². The molecule has 0 radical (unpaired) electrons. The molecular weight excluding hydrogens is 514 g/mol. The second-order valence-corrected chi connectivity index (χ2v) is 12.1. The smallest absolute Gasteiger partial charge is 0.244 e. The summed E-state index contributed by atoms with van der Waals surface area (Å²) < 4.78 is 23.6. The molecule has 2 aliphatic heterocycles. The topological polar surface area (TPSA) is 117 Å². The average Bonchev–Trinajstić information content (AvgIpc) is 3.59. The zero-order chi connectivity index (χ0) is 28.6. The molecule has 1 unspecified atom stereocenters. The monoisotopic (exact) mass is 557 g/mol. The molecule has 5 rings (SSSR count). The van der Waals surface area contributed by atoms with Crippen LogP contribution in [0.15, 0.2) is 30.7 Å². The van der Waals surface area contributed by atoms with Crippen LogP contribution in [0.25, 0.3) is 0 Å². The standard InChI is InChI=1S/C19H30N4O3.C10H13NO3/c1-18(2)6-4-16(5-7-18)26-13-19(3)11-22(12-19)17(25)10-23-9-15(8-21-23)20-14-24;1-12-10-6-8(2-4-11-10)14-9-3-5-13-7-9/h8-9,14,16H,4-7,10-13H2,1-3H3,(H,20,24);2,4,6,9H,3,5,7H2,1H3. The minimum absolute atomic E-state index is 0.0441. The molecule has 1 atom stereocenters. The molecule has 1 N–H and O–H groups in total. The van der Waals surface area contributed by atoms with E-state index in [1.165, 1.54) is 19.0 Å². The van der Waals surface area contributed by atoms with E-state index in [1.54, 1.807) is 30.3 Å². The summed E-state index contributed by atoms with van der Waals surface area (Å²) >= 11 is 0. The van der Waals surface area contributed by atoms with Crippen molar-refractivity contribution < 1.29 is 28.5 Å². The minimum Gasteiger partial charge on any atom is -0.488 e. The van der Waals surface area contributed by atoms with E-state index in [-0.39, 0.29) is 24.0 Å². The van der Waals surface area contributed by atoms with E-state index in [9.17, 15) is 9.59 Å². The van der Waals surface area contributed by atoms with Crippen LogP contribution in [0.1, 0.15) is 52.9 Å². The Bertz CT molecular complexity index is 1100. The van der Waals surface area contributed by atoms with Crippen molar-refractivity contribution in [1.82, 2.24) is 19.7 Å². The maximum Gasteiger partial charge on any atom is 0.244 e. The Labute approximate surface area is 236 Å². The van der Waals surface area contributed by atoms with Crippen molar-refractivity contribution in [3.63, 3.8) is 0 Å². The van der Waals surface area contributed by atoms with Gasteiger partial charge in [-0.25, -0.2) is 4.98 Å². The number of hydrogen-bond acceptors (Lipinski definition) is 8. The van der Waals surface area contributed by atoms with Gasteiger partial charge in [0.15, 0.2) is 0 Å². The quantitative estimate of drug-likeness (QED) is 0.441. The molecular formula is C29H43N5O6. The maximum atomic E-state index is 12.4. The maximum absolute atomic E-state index is 12.4. The van der Waals surface area contributed by atoms with Gasteiger partial charge in [0.2, 0.25) is 18.2 Å². The molecule has 0 bridgehead atoms. The number of nitrogens with zero attached hydrogens (tertiary/aromatic N) is 4. The second-order valence-electron chi connectivity index (χ2n) is 12.1. The van der Waals surface area contributed by atoms with Crippen molar-refractivity contribution >= 4 is 18.0 Å².